The standard InChI is InChI=1S/C10H14N6O3/c1-15-6-11-12-8(15)4-16-7(5-18-2)9(13-14-16)10(17)19-3/h6H,4-5H2,1-3H3. The average molecular weight is 266 g/mol. The quantitative estimate of drug-likeness (QED) is 0.666. The van der Waals surface area contributed by atoms with Crippen molar-refractivity contribution in [3.63, 3.8) is 0 Å². The molecular formula is C10H14N6O3. The molecule has 0 N–H and O–H groups in total. The predicted octanol–water partition coefficient (Wildman–Crippen LogP) is -0.612. The second-order valence-corrected chi connectivity index (χ2v) is 3.83. The van der Waals surface area contributed by atoms with Gasteiger partial charge in [-0.3, -0.25) is 0 Å². The maximum atomic E-state index is 11.6. The Bertz CT molecular complexity index is 576. The van der Waals surface area contributed by atoms with E-state index in [-0.39, 0.29) is 12.3 Å². The Kier molecular flexibility index (Phi) is 3.85. The van der Waals surface area contributed by atoms with E-state index in [0.29, 0.717) is 18.1 Å². The van der Waals surface area contributed by atoms with E-state index in [4.69, 9.17) is 4.74 Å². The van der Waals surface area contributed by atoms with Gasteiger partial charge in [-0.25, -0.2) is 9.48 Å². The maximum Gasteiger partial charge on any atom is 0.360 e. The zero-order chi connectivity index (χ0) is 13.8. The van der Waals surface area contributed by atoms with E-state index in [1.807, 2.05) is 7.05 Å². The van der Waals surface area contributed by atoms with Crippen LogP contribution < -0.4 is 0 Å². The second kappa shape index (κ2) is 5.57. The predicted molar refractivity (Wildman–Crippen MR) is 62.2 cm³/mol. The Hall–Kier alpha value is -2.29. The average Bonchev–Trinajstić information content (AvgIpc) is 2.98. The van der Waals surface area contributed by atoms with Crippen molar-refractivity contribution in [1.29, 1.82) is 0 Å². The van der Waals surface area contributed by atoms with Gasteiger partial charge in [0.1, 0.15) is 12.9 Å². The van der Waals surface area contributed by atoms with Gasteiger partial charge in [0.2, 0.25) is 0 Å². The van der Waals surface area contributed by atoms with Crippen molar-refractivity contribution < 1.29 is 14.3 Å². The molecule has 2 aromatic heterocycles. The van der Waals surface area contributed by atoms with Gasteiger partial charge in [0.15, 0.2) is 11.5 Å². The molecule has 2 heterocycles. The van der Waals surface area contributed by atoms with Crippen molar-refractivity contribution in [2.75, 3.05) is 14.2 Å². The molecule has 0 aromatic carbocycles. The minimum absolute atomic E-state index is 0.145. The molecule has 9 nitrogen and oxygen atoms in total. The monoisotopic (exact) mass is 266 g/mol. The van der Waals surface area contributed by atoms with Crippen LogP contribution in [0.2, 0.25) is 0 Å². The number of esters is 1. The van der Waals surface area contributed by atoms with Crippen molar-refractivity contribution in [1.82, 2.24) is 29.8 Å². The summed E-state index contributed by atoms with van der Waals surface area (Å²) in [7, 11) is 4.64. The van der Waals surface area contributed by atoms with E-state index in [2.05, 4.69) is 25.2 Å². The minimum atomic E-state index is -0.545. The van der Waals surface area contributed by atoms with Crippen molar-refractivity contribution in [2.24, 2.45) is 7.05 Å². The number of carbonyl (C=O) groups excluding carboxylic acids is 1. The molecule has 9 heteroatoms. The van der Waals surface area contributed by atoms with Crippen LogP contribution in [-0.2, 0) is 29.7 Å². The highest BCUT2D eigenvalue weighted by Crippen LogP contribution is 2.10. The van der Waals surface area contributed by atoms with Gasteiger partial charge in [0.05, 0.1) is 19.4 Å². The zero-order valence-electron chi connectivity index (χ0n) is 10.9. The Morgan fingerprint density at radius 1 is 1.37 bits per heavy atom. The van der Waals surface area contributed by atoms with E-state index in [1.165, 1.54) is 14.2 Å². The molecule has 19 heavy (non-hydrogen) atoms. The molecule has 2 rings (SSSR count). The zero-order valence-corrected chi connectivity index (χ0v) is 10.9. The summed E-state index contributed by atoms with van der Waals surface area (Å²) in [6.07, 6.45) is 1.59. The number of aryl methyl sites for hydroxylation is 1. The Morgan fingerprint density at radius 3 is 2.74 bits per heavy atom. The lowest BCUT2D eigenvalue weighted by Crippen LogP contribution is -2.13. The fourth-order valence-electron chi connectivity index (χ4n) is 1.58. The fourth-order valence-corrected chi connectivity index (χ4v) is 1.58. The van der Waals surface area contributed by atoms with Gasteiger partial charge in [-0.05, 0) is 0 Å². The Balaban J connectivity index is 2.32. The summed E-state index contributed by atoms with van der Waals surface area (Å²) in [6.45, 7) is 0.550. The summed E-state index contributed by atoms with van der Waals surface area (Å²) in [5, 5.41) is 15.5. The highest BCUT2D eigenvalue weighted by atomic mass is 16.5. The van der Waals surface area contributed by atoms with Gasteiger partial charge in [-0.15, -0.1) is 15.3 Å². The second-order valence-electron chi connectivity index (χ2n) is 3.83. The molecule has 0 aliphatic heterocycles. The third-order valence-electron chi connectivity index (χ3n) is 2.59. The highest BCUT2D eigenvalue weighted by Gasteiger charge is 2.21. The van der Waals surface area contributed by atoms with Gasteiger partial charge >= 0.3 is 5.97 Å². The number of hydrogen-bond acceptors (Lipinski definition) is 7. The first-order chi connectivity index (χ1) is 9.17. The van der Waals surface area contributed by atoms with Crippen LogP contribution in [0, 0.1) is 0 Å². The first kappa shape index (κ1) is 13.1. The summed E-state index contributed by atoms with van der Waals surface area (Å²) < 4.78 is 13.0. The van der Waals surface area contributed by atoms with Crippen molar-refractivity contribution in [2.45, 2.75) is 13.2 Å². The smallest absolute Gasteiger partial charge is 0.360 e. The van der Waals surface area contributed by atoms with Gasteiger partial charge < -0.3 is 14.0 Å². The topological polar surface area (TPSA) is 97.0 Å². The molecule has 0 saturated heterocycles. The first-order valence-electron chi connectivity index (χ1n) is 5.49. The third-order valence-corrected chi connectivity index (χ3v) is 2.59. The van der Waals surface area contributed by atoms with Crippen LogP contribution in [0.1, 0.15) is 22.0 Å². The van der Waals surface area contributed by atoms with Crippen LogP contribution in [-0.4, -0.2) is 49.9 Å². The minimum Gasteiger partial charge on any atom is -0.464 e. The van der Waals surface area contributed by atoms with Gasteiger partial charge in [-0.2, -0.15) is 0 Å². The largest absolute Gasteiger partial charge is 0.464 e. The summed E-state index contributed by atoms with van der Waals surface area (Å²) in [5.74, 6) is 0.148. The molecule has 0 saturated carbocycles. The lowest BCUT2D eigenvalue weighted by atomic mass is 10.3. The SMILES string of the molecule is COCc1c(C(=O)OC)nnn1Cc1nncn1C. The van der Waals surface area contributed by atoms with Gasteiger partial charge in [0, 0.05) is 14.2 Å². The number of carbonyl (C=O) groups is 1. The molecule has 0 spiro atoms. The van der Waals surface area contributed by atoms with E-state index in [0.717, 1.165) is 0 Å². The van der Waals surface area contributed by atoms with Crippen LogP contribution in [0.15, 0.2) is 6.33 Å². The lowest BCUT2D eigenvalue weighted by molar-refractivity contribution is 0.0588. The van der Waals surface area contributed by atoms with E-state index in [9.17, 15) is 4.79 Å². The van der Waals surface area contributed by atoms with Gasteiger partial charge in [-0.1, -0.05) is 5.21 Å². The van der Waals surface area contributed by atoms with E-state index in [1.54, 1.807) is 15.6 Å². The van der Waals surface area contributed by atoms with Crippen LogP contribution in [0.3, 0.4) is 0 Å². The summed E-state index contributed by atoms with van der Waals surface area (Å²) >= 11 is 0. The van der Waals surface area contributed by atoms with Crippen LogP contribution in [0.5, 0.6) is 0 Å². The summed E-state index contributed by atoms with van der Waals surface area (Å²) in [6, 6.07) is 0. The molecule has 0 radical (unpaired) electrons. The number of rotatable bonds is 5. The number of ether oxygens (including phenoxy) is 2. The molecule has 0 aliphatic rings. The molecule has 0 amide bonds. The Labute approximate surface area is 109 Å². The molecule has 0 bridgehead atoms. The molecule has 0 unspecified atom stereocenters. The highest BCUT2D eigenvalue weighted by molar-refractivity contribution is 5.88. The molecular weight excluding hydrogens is 252 g/mol. The summed E-state index contributed by atoms with van der Waals surface area (Å²) in [5.41, 5.74) is 0.684. The molecule has 2 aromatic rings. The third kappa shape index (κ3) is 2.60. The molecule has 0 aliphatic carbocycles. The fraction of sp³-hybridized carbons (Fsp3) is 0.500. The molecule has 102 valence electrons. The molecule has 0 fully saturated rings. The lowest BCUT2D eigenvalue weighted by Gasteiger charge is -2.06. The van der Waals surface area contributed by atoms with Crippen LogP contribution in [0.4, 0.5) is 0 Å². The summed E-state index contributed by atoms with van der Waals surface area (Å²) in [4.78, 5) is 11.6. The van der Waals surface area contributed by atoms with Crippen molar-refractivity contribution >= 4 is 5.97 Å². The van der Waals surface area contributed by atoms with Crippen LogP contribution >= 0.6 is 0 Å². The number of methoxy groups -OCH3 is 2. The molecule has 0 atom stereocenters. The van der Waals surface area contributed by atoms with E-state index >= 15 is 0 Å². The number of nitrogens with zero attached hydrogens (tertiary/aromatic N) is 6. The Morgan fingerprint density at radius 2 is 2.16 bits per heavy atom. The van der Waals surface area contributed by atoms with Gasteiger partial charge in [0.25, 0.3) is 0 Å². The first-order valence-corrected chi connectivity index (χ1v) is 5.49. The normalized spacial score (nSPS) is 10.7. The van der Waals surface area contributed by atoms with Crippen molar-refractivity contribution in [3.05, 3.63) is 23.5 Å². The number of aromatic nitrogens is 6. The van der Waals surface area contributed by atoms with Crippen molar-refractivity contribution in [3.8, 4) is 0 Å². The van der Waals surface area contributed by atoms with E-state index < -0.39 is 5.97 Å². The van der Waals surface area contributed by atoms with Crippen LogP contribution in [0.25, 0.3) is 0 Å². The number of hydrogen-bond donors (Lipinski definition) is 0. The maximum absolute atomic E-state index is 11.6.